The third-order valence-corrected chi connectivity index (χ3v) is 5.02. The Morgan fingerprint density at radius 1 is 0.938 bits per heavy atom. The van der Waals surface area contributed by atoms with E-state index in [1.54, 1.807) is 41.1 Å². The van der Waals surface area contributed by atoms with Gasteiger partial charge in [0.2, 0.25) is 5.88 Å². The molecule has 2 aromatic carbocycles. The van der Waals surface area contributed by atoms with E-state index in [4.69, 9.17) is 4.74 Å². The normalized spacial score (nSPS) is 10.8. The lowest BCUT2D eigenvalue weighted by Crippen LogP contribution is -2.15. The molecule has 32 heavy (non-hydrogen) atoms. The number of aromatic nitrogens is 4. The average molecular weight is 435 g/mol. The van der Waals surface area contributed by atoms with Crippen molar-refractivity contribution in [3.8, 4) is 17.4 Å². The van der Waals surface area contributed by atoms with Gasteiger partial charge in [-0.2, -0.15) is 5.10 Å². The van der Waals surface area contributed by atoms with Crippen LogP contribution in [0.2, 0.25) is 0 Å². The van der Waals surface area contributed by atoms with Gasteiger partial charge in [-0.15, -0.1) is 10.2 Å². The van der Waals surface area contributed by atoms with Crippen molar-refractivity contribution in [2.75, 3.05) is 5.32 Å². The van der Waals surface area contributed by atoms with Crippen LogP contribution in [-0.2, 0) is 0 Å². The zero-order valence-electron chi connectivity index (χ0n) is 17.6. The lowest BCUT2D eigenvalue weighted by molar-refractivity contribution is 0.101. The highest BCUT2D eigenvalue weighted by molar-refractivity contribution is 6.04. The SMILES string of the molecule is Cc1nn(-c2ccc(Oc3ccc(NC(=O)c4c(F)cccc4F)cc3)nn2)c(C)c1C. The second-order valence-electron chi connectivity index (χ2n) is 7.11. The molecule has 7 nitrogen and oxygen atoms in total. The maximum atomic E-state index is 13.8. The van der Waals surface area contributed by atoms with E-state index in [-0.39, 0.29) is 5.88 Å². The van der Waals surface area contributed by atoms with Crippen molar-refractivity contribution in [3.63, 3.8) is 0 Å². The van der Waals surface area contributed by atoms with E-state index in [9.17, 15) is 13.6 Å². The number of nitrogens with one attached hydrogen (secondary N) is 1. The van der Waals surface area contributed by atoms with E-state index >= 15 is 0 Å². The first-order valence-electron chi connectivity index (χ1n) is 9.73. The lowest BCUT2D eigenvalue weighted by atomic mass is 10.2. The first kappa shape index (κ1) is 21.1. The van der Waals surface area contributed by atoms with Crippen LogP contribution in [0, 0.1) is 32.4 Å². The quantitative estimate of drug-likeness (QED) is 0.482. The molecule has 4 rings (SSSR count). The summed E-state index contributed by atoms with van der Waals surface area (Å²) in [5.41, 5.74) is 2.72. The number of benzene rings is 2. The van der Waals surface area contributed by atoms with Gasteiger partial charge in [0.05, 0.1) is 5.69 Å². The molecular weight excluding hydrogens is 416 g/mol. The Hall–Kier alpha value is -4.14. The fourth-order valence-electron chi connectivity index (χ4n) is 3.06. The van der Waals surface area contributed by atoms with Crippen LogP contribution in [0.25, 0.3) is 5.82 Å². The number of nitrogens with zero attached hydrogens (tertiary/aromatic N) is 4. The summed E-state index contributed by atoms with van der Waals surface area (Å²) in [6.45, 7) is 5.89. The van der Waals surface area contributed by atoms with Crippen molar-refractivity contribution in [3.05, 3.63) is 88.7 Å². The second kappa shape index (κ2) is 8.54. The van der Waals surface area contributed by atoms with Gasteiger partial charge in [-0.05, 0) is 68.8 Å². The van der Waals surface area contributed by atoms with Gasteiger partial charge in [0, 0.05) is 17.4 Å². The van der Waals surface area contributed by atoms with Crippen LogP contribution in [0.1, 0.15) is 27.3 Å². The molecule has 162 valence electrons. The Bertz CT molecular complexity index is 1260. The molecule has 0 aliphatic heterocycles. The first-order chi connectivity index (χ1) is 15.3. The number of aryl methyl sites for hydroxylation is 1. The maximum absolute atomic E-state index is 13.8. The van der Waals surface area contributed by atoms with Gasteiger partial charge in [0.25, 0.3) is 5.91 Å². The standard InChI is InChI=1S/C23H19F2N5O2/c1-13-14(2)29-30(15(13)3)20-11-12-21(28-27-20)32-17-9-7-16(8-10-17)26-23(31)22-18(24)5-4-6-19(22)25/h4-12H,1-3H3,(H,26,31). The summed E-state index contributed by atoms with van der Waals surface area (Å²) in [4.78, 5) is 12.2. The molecule has 1 N–H and O–H groups in total. The topological polar surface area (TPSA) is 81.9 Å². The van der Waals surface area contributed by atoms with Gasteiger partial charge in [-0.1, -0.05) is 6.07 Å². The summed E-state index contributed by atoms with van der Waals surface area (Å²) < 4.78 is 34.9. The van der Waals surface area contributed by atoms with Crippen LogP contribution < -0.4 is 10.1 Å². The molecule has 1 amide bonds. The van der Waals surface area contributed by atoms with Crippen LogP contribution in [0.5, 0.6) is 11.6 Å². The summed E-state index contributed by atoms with van der Waals surface area (Å²) in [6, 6.07) is 12.9. The minimum atomic E-state index is -0.930. The number of amides is 1. The van der Waals surface area contributed by atoms with Crippen LogP contribution in [0.15, 0.2) is 54.6 Å². The summed E-state index contributed by atoms with van der Waals surface area (Å²) in [5.74, 6) is -1.44. The van der Waals surface area contributed by atoms with Gasteiger partial charge in [-0.25, -0.2) is 13.5 Å². The van der Waals surface area contributed by atoms with Crippen molar-refractivity contribution < 1.29 is 18.3 Å². The number of hydrogen-bond acceptors (Lipinski definition) is 5. The molecule has 2 heterocycles. The Morgan fingerprint density at radius 2 is 1.62 bits per heavy atom. The first-order valence-corrected chi connectivity index (χ1v) is 9.73. The summed E-state index contributed by atoms with van der Waals surface area (Å²) in [7, 11) is 0. The maximum Gasteiger partial charge on any atom is 0.261 e. The molecule has 4 aromatic rings. The highest BCUT2D eigenvalue weighted by atomic mass is 19.1. The van der Waals surface area contributed by atoms with Crippen LogP contribution in [0.4, 0.5) is 14.5 Å². The van der Waals surface area contributed by atoms with Gasteiger partial charge in [0.1, 0.15) is 22.9 Å². The number of halogens is 2. The van der Waals surface area contributed by atoms with Crippen molar-refractivity contribution in [2.45, 2.75) is 20.8 Å². The van der Waals surface area contributed by atoms with Crippen molar-refractivity contribution in [1.82, 2.24) is 20.0 Å². The number of rotatable bonds is 5. The lowest BCUT2D eigenvalue weighted by Gasteiger charge is -2.09. The van der Waals surface area contributed by atoms with Crippen LogP contribution in [0.3, 0.4) is 0 Å². The second-order valence-corrected chi connectivity index (χ2v) is 7.11. The molecule has 0 saturated carbocycles. The van der Waals surface area contributed by atoms with Crippen molar-refractivity contribution >= 4 is 11.6 Å². The third-order valence-electron chi connectivity index (χ3n) is 5.02. The fraction of sp³-hybridized carbons (Fsp3) is 0.130. The molecule has 0 aliphatic rings. The fourth-order valence-corrected chi connectivity index (χ4v) is 3.06. The highest BCUT2D eigenvalue weighted by Crippen LogP contribution is 2.23. The Labute approximate surface area is 182 Å². The van der Waals surface area contributed by atoms with E-state index in [1.807, 2.05) is 20.8 Å². The van der Waals surface area contributed by atoms with E-state index in [1.165, 1.54) is 6.07 Å². The van der Waals surface area contributed by atoms with E-state index in [2.05, 4.69) is 20.6 Å². The number of carbonyl (C=O) groups is 1. The van der Waals surface area contributed by atoms with E-state index in [0.29, 0.717) is 17.3 Å². The number of hydrogen-bond donors (Lipinski definition) is 1. The van der Waals surface area contributed by atoms with E-state index in [0.717, 1.165) is 29.1 Å². The number of ether oxygens (including phenoxy) is 1. The van der Waals surface area contributed by atoms with Crippen LogP contribution >= 0.6 is 0 Å². The highest BCUT2D eigenvalue weighted by Gasteiger charge is 2.17. The molecule has 0 bridgehead atoms. The molecule has 9 heteroatoms. The van der Waals surface area contributed by atoms with Gasteiger partial charge in [-0.3, -0.25) is 4.79 Å². The van der Waals surface area contributed by atoms with Gasteiger partial charge < -0.3 is 10.1 Å². The Morgan fingerprint density at radius 3 is 2.19 bits per heavy atom. The molecule has 0 radical (unpaired) electrons. The van der Waals surface area contributed by atoms with Crippen molar-refractivity contribution in [2.24, 2.45) is 0 Å². The van der Waals surface area contributed by atoms with Gasteiger partial charge >= 0.3 is 0 Å². The zero-order valence-corrected chi connectivity index (χ0v) is 17.6. The summed E-state index contributed by atoms with van der Waals surface area (Å²) in [5, 5.41) is 15.1. The van der Waals surface area contributed by atoms with E-state index < -0.39 is 23.1 Å². The molecule has 0 atom stereocenters. The largest absolute Gasteiger partial charge is 0.438 e. The molecule has 0 saturated heterocycles. The molecule has 0 fully saturated rings. The predicted octanol–water partition coefficient (Wildman–Crippen LogP) is 4.91. The molecule has 2 aromatic heterocycles. The zero-order chi connectivity index (χ0) is 22.8. The number of anilines is 1. The minimum Gasteiger partial charge on any atom is -0.438 e. The molecule has 0 spiro atoms. The van der Waals surface area contributed by atoms with Crippen molar-refractivity contribution in [1.29, 1.82) is 0 Å². The molecule has 0 unspecified atom stereocenters. The summed E-state index contributed by atoms with van der Waals surface area (Å²) in [6.07, 6.45) is 0. The monoisotopic (exact) mass is 435 g/mol. The Kier molecular flexibility index (Phi) is 5.63. The summed E-state index contributed by atoms with van der Waals surface area (Å²) >= 11 is 0. The molecular formula is C23H19F2N5O2. The predicted molar refractivity (Wildman–Crippen MR) is 114 cm³/mol. The van der Waals surface area contributed by atoms with Gasteiger partial charge in [0.15, 0.2) is 5.82 Å². The number of carbonyl (C=O) groups excluding carboxylic acids is 1. The Balaban J connectivity index is 1.43. The average Bonchev–Trinajstić information content (AvgIpc) is 3.03. The third kappa shape index (κ3) is 4.18. The minimum absolute atomic E-state index is 0.275. The smallest absolute Gasteiger partial charge is 0.261 e. The van der Waals surface area contributed by atoms with Crippen LogP contribution in [-0.4, -0.2) is 25.9 Å². The molecule has 0 aliphatic carbocycles.